The molecule has 22 heavy (non-hydrogen) atoms. The third-order valence-corrected chi connectivity index (χ3v) is 3.13. The van der Waals surface area contributed by atoms with E-state index in [1.807, 2.05) is 0 Å². The van der Waals surface area contributed by atoms with Crippen LogP contribution in [0.15, 0.2) is 41.0 Å². The van der Waals surface area contributed by atoms with E-state index in [0.29, 0.717) is 16.8 Å². The Balaban J connectivity index is 1.90. The van der Waals surface area contributed by atoms with Crippen LogP contribution in [0.2, 0.25) is 0 Å². The monoisotopic (exact) mass is 301 g/mol. The van der Waals surface area contributed by atoms with Gasteiger partial charge in [0.1, 0.15) is 11.4 Å². The normalized spacial score (nSPS) is 10.6. The van der Waals surface area contributed by atoms with Crippen molar-refractivity contribution < 1.29 is 18.9 Å². The lowest BCUT2D eigenvalue weighted by atomic mass is 10.2. The van der Waals surface area contributed by atoms with E-state index in [4.69, 9.17) is 9.15 Å². The third kappa shape index (κ3) is 2.37. The summed E-state index contributed by atoms with van der Waals surface area (Å²) in [6.45, 7) is 0. The molecule has 2 heterocycles. The standard InChI is InChI=1S/C14H11N3O5/c1-21-12-3-2-8(17(19)20)6-10(12)16-14(18)11-7-13-9(15-11)4-5-22-13/h2-7,15H,1H3,(H,16,18). The van der Waals surface area contributed by atoms with Crippen LogP contribution in [-0.2, 0) is 0 Å². The molecular formula is C14H11N3O5. The molecule has 0 radical (unpaired) electrons. The van der Waals surface area contributed by atoms with Gasteiger partial charge in [0.2, 0.25) is 0 Å². The van der Waals surface area contributed by atoms with E-state index in [9.17, 15) is 14.9 Å². The molecule has 1 amide bonds. The van der Waals surface area contributed by atoms with E-state index in [1.165, 1.54) is 31.6 Å². The second-order valence-corrected chi connectivity index (χ2v) is 4.48. The summed E-state index contributed by atoms with van der Waals surface area (Å²) >= 11 is 0. The summed E-state index contributed by atoms with van der Waals surface area (Å²) in [4.78, 5) is 25.4. The smallest absolute Gasteiger partial charge is 0.272 e. The molecule has 8 heteroatoms. The molecular weight excluding hydrogens is 290 g/mol. The molecule has 112 valence electrons. The second kappa shape index (κ2) is 5.24. The molecule has 0 saturated heterocycles. The number of methoxy groups -OCH3 is 1. The number of ether oxygens (including phenoxy) is 1. The number of amides is 1. The fraction of sp³-hybridized carbons (Fsp3) is 0.0714. The van der Waals surface area contributed by atoms with Crippen molar-refractivity contribution in [1.82, 2.24) is 4.98 Å². The van der Waals surface area contributed by atoms with Crippen LogP contribution in [0, 0.1) is 10.1 Å². The van der Waals surface area contributed by atoms with Gasteiger partial charge < -0.3 is 19.5 Å². The Morgan fingerprint density at radius 2 is 2.18 bits per heavy atom. The fourth-order valence-corrected chi connectivity index (χ4v) is 2.07. The summed E-state index contributed by atoms with van der Waals surface area (Å²) in [5.41, 5.74) is 1.60. The summed E-state index contributed by atoms with van der Waals surface area (Å²) in [7, 11) is 1.42. The Bertz CT molecular complexity index is 836. The molecule has 2 N–H and O–H groups in total. The summed E-state index contributed by atoms with van der Waals surface area (Å²) < 4.78 is 10.3. The number of rotatable bonds is 4. The maximum atomic E-state index is 12.2. The maximum Gasteiger partial charge on any atom is 0.272 e. The first-order valence-electron chi connectivity index (χ1n) is 6.28. The third-order valence-electron chi connectivity index (χ3n) is 3.13. The van der Waals surface area contributed by atoms with Crippen LogP contribution in [-0.4, -0.2) is 22.9 Å². The number of aromatic nitrogens is 1. The summed E-state index contributed by atoms with van der Waals surface area (Å²) in [6.07, 6.45) is 1.51. The van der Waals surface area contributed by atoms with E-state index >= 15 is 0 Å². The van der Waals surface area contributed by atoms with Gasteiger partial charge in [-0.15, -0.1) is 0 Å². The quantitative estimate of drug-likeness (QED) is 0.568. The summed E-state index contributed by atoms with van der Waals surface area (Å²) in [5.74, 6) is -0.126. The average molecular weight is 301 g/mol. The highest BCUT2D eigenvalue weighted by Crippen LogP contribution is 2.29. The van der Waals surface area contributed by atoms with Crippen molar-refractivity contribution in [2.45, 2.75) is 0 Å². The lowest BCUT2D eigenvalue weighted by molar-refractivity contribution is -0.384. The zero-order chi connectivity index (χ0) is 15.7. The van der Waals surface area contributed by atoms with Crippen LogP contribution >= 0.6 is 0 Å². The van der Waals surface area contributed by atoms with Gasteiger partial charge in [-0.3, -0.25) is 14.9 Å². The Morgan fingerprint density at radius 3 is 2.86 bits per heavy atom. The van der Waals surface area contributed by atoms with Crippen molar-refractivity contribution in [2.75, 3.05) is 12.4 Å². The number of aromatic amines is 1. The number of H-pyrrole nitrogens is 1. The van der Waals surface area contributed by atoms with Gasteiger partial charge in [-0.1, -0.05) is 0 Å². The number of nitrogens with one attached hydrogen (secondary N) is 2. The van der Waals surface area contributed by atoms with Crippen molar-refractivity contribution in [3.63, 3.8) is 0 Å². The number of non-ortho nitro benzene ring substituents is 1. The number of carbonyl (C=O) groups is 1. The van der Waals surface area contributed by atoms with Crippen molar-refractivity contribution in [3.8, 4) is 5.75 Å². The number of nitro benzene ring substituents is 1. The molecule has 1 aromatic carbocycles. The molecule has 0 aliphatic carbocycles. The molecule has 3 rings (SSSR count). The van der Waals surface area contributed by atoms with E-state index in [0.717, 1.165) is 0 Å². The van der Waals surface area contributed by atoms with Crippen LogP contribution in [0.25, 0.3) is 11.1 Å². The molecule has 8 nitrogen and oxygen atoms in total. The van der Waals surface area contributed by atoms with Gasteiger partial charge in [-0.2, -0.15) is 0 Å². The molecule has 0 spiro atoms. The van der Waals surface area contributed by atoms with Gasteiger partial charge in [-0.05, 0) is 6.07 Å². The lowest BCUT2D eigenvalue weighted by Gasteiger charge is -2.09. The first kappa shape index (κ1) is 13.7. The van der Waals surface area contributed by atoms with Gasteiger partial charge in [0, 0.05) is 24.3 Å². The highest BCUT2D eigenvalue weighted by Gasteiger charge is 2.16. The van der Waals surface area contributed by atoms with E-state index in [1.54, 1.807) is 12.1 Å². The number of carbonyl (C=O) groups excluding carboxylic acids is 1. The van der Waals surface area contributed by atoms with Crippen molar-refractivity contribution in [3.05, 3.63) is 52.4 Å². The number of hydrogen-bond donors (Lipinski definition) is 2. The molecule has 3 aromatic rings. The molecule has 0 unspecified atom stereocenters. The van der Waals surface area contributed by atoms with Gasteiger partial charge in [0.25, 0.3) is 11.6 Å². The molecule has 0 aliphatic rings. The summed E-state index contributed by atoms with van der Waals surface area (Å²) in [6, 6.07) is 7.21. The van der Waals surface area contributed by atoms with Crippen LogP contribution in [0.4, 0.5) is 11.4 Å². The first-order chi connectivity index (χ1) is 10.6. The highest BCUT2D eigenvalue weighted by molar-refractivity contribution is 6.06. The minimum Gasteiger partial charge on any atom is -0.495 e. The lowest BCUT2D eigenvalue weighted by Crippen LogP contribution is -2.13. The van der Waals surface area contributed by atoms with E-state index in [2.05, 4.69) is 10.3 Å². The largest absolute Gasteiger partial charge is 0.495 e. The predicted molar refractivity (Wildman–Crippen MR) is 78.2 cm³/mol. The molecule has 0 aliphatic heterocycles. The molecule has 0 saturated carbocycles. The van der Waals surface area contributed by atoms with Crippen LogP contribution in [0.5, 0.6) is 5.75 Å². The zero-order valence-corrected chi connectivity index (χ0v) is 11.5. The molecule has 2 aromatic heterocycles. The number of hydrogen-bond acceptors (Lipinski definition) is 5. The number of anilines is 1. The van der Waals surface area contributed by atoms with E-state index in [-0.39, 0.29) is 17.1 Å². The second-order valence-electron chi connectivity index (χ2n) is 4.48. The predicted octanol–water partition coefficient (Wildman–Crippen LogP) is 2.93. The zero-order valence-electron chi connectivity index (χ0n) is 11.5. The fourth-order valence-electron chi connectivity index (χ4n) is 2.07. The minimum absolute atomic E-state index is 0.142. The Hall–Kier alpha value is -3.29. The number of fused-ring (bicyclic) bond motifs is 1. The van der Waals surface area contributed by atoms with E-state index < -0.39 is 10.8 Å². The van der Waals surface area contributed by atoms with Crippen LogP contribution in [0.1, 0.15) is 10.5 Å². The topological polar surface area (TPSA) is 110 Å². The van der Waals surface area contributed by atoms with Gasteiger partial charge >= 0.3 is 0 Å². The Morgan fingerprint density at radius 1 is 1.36 bits per heavy atom. The Kier molecular flexibility index (Phi) is 3.26. The van der Waals surface area contributed by atoms with Crippen LogP contribution in [0.3, 0.4) is 0 Å². The van der Waals surface area contributed by atoms with Gasteiger partial charge in [0.05, 0.1) is 29.5 Å². The number of nitrogens with zero attached hydrogens (tertiary/aromatic N) is 1. The SMILES string of the molecule is COc1ccc([N+](=O)[O-])cc1NC(=O)c1cc2occc2[nH]1. The number of nitro groups is 1. The van der Waals surface area contributed by atoms with Crippen molar-refractivity contribution in [2.24, 2.45) is 0 Å². The average Bonchev–Trinajstić information content (AvgIpc) is 3.08. The van der Waals surface area contributed by atoms with Crippen molar-refractivity contribution >= 4 is 28.4 Å². The Labute approximate surface area is 123 Å². The van der Waals surface area contributed by atoms with Gasteiger partial charge in [-0.25, -0.2) is 0 Å². The summed E-state index contributed by atoms with van der Waals surface area (Å²) in [5, 5.41) is 13.4. The minimum atomic E-state index is -0.545. The van der Waals surface area contributed by atoms with Gasteiger partial charge in [0.15, 0.2) is 5.58 Å². The number of furan rings is 1. The number of benzene rings is 1. The first-order valence-corrected chi connectivity index (χ1v) is 6.28. The van der Waals surface area contributed by atoms with Crippen molar-refractivity contribution in [1.29, 1.82) is 0 Å². The molecule has 0 bridgehead atoms. The van der Waals surface area contributed by atoms with Crippen LogP contribution < -0.4 is 10.1 Å². The highest BCUT2D eigenvalue weighted by atomic mass is 16.6. The molecule has 0 atom stereocenters. The maximum absolute atomic E-state index is 12.2. The molecule has 0 fully saturated rings.